The predicted molar refractivity (Wildman–Crippen MR) is 113 cm³/mol. The van der Waals surface area contributed by atoms with Crippen LogP contribution in [-0.2, 0) is 6.42 Å². The van der Waals surface area contributed by atoms with Gasteiger partial charge in [-0.1, -0.05) is 85.3 Å². The molecule has 2 nitrogen and oxygen atoms in total. The van der Waals surface area contributed by atoms with Crippen LogP contribution in [0, 0.1) is 13.8 Å². The molecular weight excluding hydrogens is 328 g/mol. The summed E-state index contributed by atoms with van der Waals surface area (Å²) in [5, 5.41) is 5.11. The average molecular weight is 352 g/mol. The Kier molecular flexibility index (Phi) is 4.64. The van der Waals surface area contributed by atoms with Crippen molar-refractivity contribution in [2.45, 2.75) is 27.2 Å². The zero-order valence-corrected chi connectivity index (χ0v) is 16.1. The first kappa shape index (κ1) is 17.3. The molecule has 0 radical (unpaired) electrons. The van der Waals surface area contributed by atoms with Crippen LogP contribution in [0.15, 0.2) is 78.9 Å². The first-order valence-corrected chi connectivity index (χ1v) is 9.49. The highest BCUT2D eigenvalue weighted by Crippen LogP contribution is 2.36. The molecule has 134 valence electrons. The van der Waals surface area contributed by atoms with E-state index in [1.165, 1.54) is 27.9 Å². The molecule has 0 aliphatic carbocycles. The Morgan fingerprint density at radius 3 is 2.07 bits per heavy atom. The topological polar surface area (TPSA) is 17.8 Å². The van der Waals surface area contributed by atoms with E-state index in [-0.39, 0.29) is 0 Å². The van der Waals surface area contributed by atoms with Crippen LogP contribution in [0.2, 0.25) is 0 Å². The van der Waals surface area contributed by atoms with Crippen molar-refractivity contribution < 1.29 is 0 Å². The van der Waals surface area contributed by atoms with E-state index in [1.54, 1.807) is 0 Å². The van der Waals surface area contributed by atoms with Crippen LogP contribution >= 0.6 is 0 Å². The Bertz CT molecular complexity index is 1060. The Hall–Kier alpha value is -3.13. The molecule has 0 fully saturated rings. The van der Waals surface area contributed by atoms with Crippen LogP contribution in [0.1, 0.15) is 23.7 Å². The molecule has 0 bridgehead atoms. The lowest BCUT2D eigenvalue weighted by Gasteiger charge is -2.10. The lowest BCUT2D eigenvalue weighted by atomic mass is 9.97. The Balaban J connectivity index is 2.03. The molecule has 0 atom stereocenters. The van der Waals surface area contributed by atoms with E-state index in [4.69, 9.17) is 5.10 Å². The van der Waals surface area contributed by atoms with Gasteiger partial charge in [-0.05, 0) is 37.5 Å². The van der Waals surface area contributed by atoms with Crippen LogP contribution in [0.3, 0.4) is 0 Å². The maximum atomic E-state index is 5.11. The molecule has 0 N–H and O–H groups in total. The normalized spacial score (nSPS) is 10.9. The van der Waals surface area contributed by atoms with E-state index in [0.717, 1.165) is 23.4 Å². The number of benzene rings is 3. The second kappa shape index (κ2) is 7.24. The fraction of sp³-hybridized carbons (Fsp3) is 0.160. The minimum Gasteiger partial charge on any atom is -0.236 e. The van der Waals surface area contributed by atoms with Gasteiger partial charge < -0.3 is 0 Å². The third-order valence-corrected chi connectivity index (χ3v) is 5.05. The van der Waals surface area contributed by atoms with Gasteiger partial charge in [0, 0.05) is 11.1 Å². The van der Waals surface area contributed by atoms with Crippen molar-refractivity contribution in [3.05, 3.63) is 95.7 Å². The predicted octanol–water partition coefficient (Wildman–Crippen LogP) is 6.39. The van der Waals surface area contributed by atoms with Gasteiger partial charge in [0.1, 0.15) is 5.69 Å². The third-order valence-electron chi connectivity index (χ3n) is 5.05. The van der Waals surface area contributed by atoms with Gasteiger partial charge in [-0.2, -0.15) is 5.10 Å². The summed E-state index contributed by atoms with van der Waals surface area (Å²) in [5.41, 5.74) is 9.51. The summed E-state index contributed by atoms with van der Waals surface area (Å²) in [6, 6.07) is 27.7. The molecule has 0 amide bonds. The number of hydrogen-bond acceptors (Lipinski definition) is 1. The summed E-state index contributed by atoms with van der Waals surface area (Å²) >= 11 is 0. The van der Waals surface area contributed by atoms with Crippen LogP contribution in [-0.4, -0.2) is 9.78 Å². The summed E-state index contributed by atoms with van der Waals surface area (Å²) in [6.07, 6.45) is 0.914. The molecule has 3 aromatic carbocycles. The summed E-state index contributed by atoms with van der Waals surface area (Å²) in [6.45, 7) is 6.46. The Morgan fingerprint density at radius 1 is 0.741 bits per heavy atom. The first-order chi connectivity index (χ1) is 13.2. The van der Waals surface area contributed by atoms with Gasteiger partial charge in [-0.15, -0.1) is 0 Å². The van der Waals surface area contributed by atoms with E-state index in [9.17, 15) is 0 Å². The van der Waals surface area contributed by atoms with Crippen molar-refractivity contribution in [3.8, 4) is 28.1 Å². The van der Waals surface area contributed by atoms with Crippen LogP contribution in [0.4, 0.5) is 0 Å². The van der Waals surface area contributed by atoms with E-state index >= 15 is 0 Å². The lowest BCUT2D eigenvalue weighted by molar-refractivity contribution is 0.812. The minimum atomic E-state index is 0.914. The molecule has 0 spiro atoms. The van der Waals surface area contributed by atoms with Crippen LogP contribution < -0.4 is 0 Å². The van der Waals surface area contributed by atoms with Gasteiger partial charge in [0.05, 0.1) is 11.4 Å². The van der Waals surface area contributed by atoms with Gasteiger partial charge in [0.25, 0.3) is 0 Å². The zero-order chi connectivity index (χ0) is 18.8. The monoisotopic (exact) mass is 352 g/mol. The van der Waals surface area contributed by atoms with Crippen LogP contribution in [0.25, 0.3) is 28.1 Å². The van der Waals surface area contributed by atoms with E-state index in [2.05, 4.69) is 104 Å². The van der Waals surface area contributed by atoms with Crippen molar-refractivity contribution in [3.63, 3.8) is 0 Å². The molecule has 0 aliphatic rings. The lowest BCUT2D eigenvalue weighted by Crippen LogP contribution is -2.03. The number of rotatable bonds is 4. The van der Waals surface area contributed by atoms with Gasteiger partial charge in [-0.3, -0.25) is 0 Å². The highest BCUT2D eigenvalue weighted by molar-refractivity contribution is 5.83. The number of hydrogen-bond donors (Lipinski definition) is 0. The maximum absolute atomic E-state index is 5.11. The van der Waals surface area contributed by atoms with Gasteiger partial charge in [-0.25, -0.2) is 4.68 Å². The molecule has 4 rings (SSSR count). The van der Waals surface area contributed by atoms with Crippen molar-refractivity contribution in [1.82, 2.24) is 9.78 Å². The minimum absolute atomic E-state index is 0.914. The fourth-order valence-corrected chi connectivity index (χ4v) is 3.60. The second-order valence-corrected chi connectivity index (χ2v) is 6.95. The van der Waals surface area contributed by atoms with E-state index < -0.39 is 0 Å². The van der Waals surface area contributed by atoms with E-state index in [0.29, 0.717) is 0 Å². The summed E-state index contributed by atoms with van der Waals surface area (Å²) < 4.78 is 2.13. The number of aromatic nitrogens is 2. The first-order valence-electron chi connectivity index (χ1n) is 9.49. The zero-order valence-electron chi connectivity index (χ0n) is 16.1. The highest BCUT2D eigenvalue weighted by Gasteiger charge is 2.20. The molecule has 1 aromatic heterocycles. The SMILES string of the molecule is CCc1c(-c2ccccc2)c(-c2ccc(C)cc2)nn1-c1ccccc1C. The summed E-state index contributed by atoms with van der Waals surface area (Å²) in [5.74, 6) is 0. The third kappa shape index (κ3) is 3.19. The van der Waals surface area contributed by atoms with Crippen molar-refractivity contribution in [2.24, 2.45) is 0 Å². The molecule has 4 aromatic rings. The molecule has 0 saturated heterocycles. The van der Waals surface area contributed by atoms with Crippen molar-refractivity contribution in [2.75, 3.05) is 0 Å². The van der Waals surface area contributed by atoms with Crippen LogP contribution in [0.5, 0.6) is 0 Å². The smallest absolute Gasteiger partial charge is 0.101 e. The van der Waals surface area contributed by atoms with Crippen molar-refractivity contribution >= 4 is 0 Å². The summed E-state index contributed by atoms with van der Waals surface area (Å²) in [4.78, 5) is 0. The average Bonchev–Trinajstić information content (AvgIpc) is 3.09. The maximum Gasteiger partial charge on any atom is 0.101 e. The standard InChI is InChI=1S/C25H24N2/c1-4-22-24(20-11-6-5-7-12-20)25(21-16-14-18(2)15-17-21)26-27(22)23-13-9-8-10-19(23)3/h5-17H,4H2,1-3H3. The number of aryl methyl sites for hydroxylation is 2. The van der Waals surface area contributed by atoms with Gasteiger partial charge >= 0.3 is 0 Å². The number of nitrogens with zero attached hydrogens (tertiary/aromatic N) is 2. The molecule has 0 saturated carbocycles. The largest absolute Gasteiger partial charge is 0.236 e. The fourth-order valence-electron chi connectivity index (χ4n) is 3.60. The van der Waals surface area contributed by atoms with Crippen molar-refractivity contribution in [1.29, 1.82) is 0 Å². The Labute approximate surface area is 161 Å². The Morgan fingerprint density at radius 2 is 1.41 bits per heavy atom. The second-order valence-electron chi connectivity index (χ2n) is 6.95. The molecular formula is C25H24N2. The highest BCUT2D eigenvalue weighted by atomic mass is 15.3. The van der Waals surface area contributed by atoms with E-state index in [1.807, 2.05) is 0 Å². The molecule has 27 heavy (non-hydrogen) atoms. The molecule has 0 unspecified atom stereocenters. The molecule has 1 heterocycles. The molecule has 2 heteroatoms. The van der Waals surface area contributed by atoms with Gasteiger partial charge in [0.15, 0.2) is 0 Å². The quantitative estimate of drug-likeness (QED) is 0.416. The van der Waals surface area contributed by atoms with Gasteiger partial charge in [0.2, 0.25) is 0 Å². The number of para-hydroxylation sites is 1. The summed E-state index contributed by atoms with van der Waals surface area (Å²) in [7, 11) is 0. The molecule has 0 aliphatic heterocycles.